The van der Waals surface area contributed by atoms with E-state index in [-0.39, 0.29) is 11.7 Å². The van der Waals surface area contributed by atoms with Crippen LogP contribution in [0.1, 0.15) is 18.1 Å². The molecule has 2 aromatic rings. The van der Waals surface area contributed by atoms with Crippen molar-refractivity contribution in [2.24, 2.45) is 0 Å². The maximum absolute atomic E-state index is 13.7. The summed E-state index contributed by atoms with van der Waals surface area (Å²) in [5.41, 5.74) is 1.59. The Labute approximate surface area is 135 Å². The van der Waals surface area contributed by atoms with Crippen LogP contribution in [0.25, 0.3) is 0 Å². The van der Waals surface area contributed by atoms with Gasteiger partial charge in [0.25, 0.3) is 0 Å². The summed E-state index contributed by atoms with van der Waals surface area (Å²) in [6.45, 7) is 2.09. The quantitative estimate of drug-likeness (QED) is 0.923. The lowest BCUT2D eigenvalue weighted by Crippen LogP contribution is -2.39. The number of nitriles is 1. The first-order chi connectivity index (χ1) is 11.0. The number of benzene rings is 2. The smallest absolute Gasteiger partial charge is 0.241 e. The molecule has 2 rings (SSSR count). The lowest BCUT2D eigenvalue weighted by atomic mass is 10.1. The third-order valence-corrected chi connectivity index (χ3v) is 3.68. The molecule has 0 fully saturated rings. The minimum atomic E-state index is -0.444. The predicted molar refractivity (Wildman–Crippen MR) is 87.1 cm³/mol. The van der Waals surface area contributed by atoms with Crippen LogP contribution < -0.4 is 5.32 Å². The van der Waals surface area contributed by atoms with Crippen LogP contribution in [0.2, 0.25) is 0 Å². The van der Waals surface area contributed by atoms with Crippen molar-refractivity contribution in [1.82, 2.24) is 4.90 Å². The number of likely N-dealkylation sites (N-methyl/N-ethyl adjacent to an activating group) is 1. The summed E-state index contributed by atoms with van der Waals surface area (Å²) in [5, 5.41) is 11.6. The number of halogens is 1. The fraction of sp³-hybridized carbons (Fsp3) is 0.222. The Kier molecular flexibility index (Phi) is 5.45. The molecule has 118 valence electrons. The lowest BCUT2D eigenvalue weighted by molar-refractivity contribution is -0.120. The molecule has 0 aromatic heterocycles. The molecule has 1 N–H and O–H groups in total. The Morgan fingerprint density at radius 3 is 2.74 bits per heavy atom. The second kappa shape index (κ2) is 7.52. The lowest BCUT2D eigenvalue weighted by Gasteiger charge is -2.24. The molecule has 0 aliphatic carbocycles. The van der Waals surface area contributed by atoms with Gasteiger partial charge < -0.3 is 5.32 Å². The summed E-state index contributed by atoms with van der Waals surface area (Å²) < 4.78 is 13.7. The third kappa shape index (κ3) is 4.38. The number of hydrogen-bond acceptors (Lipinski definition) is 3. The van der Waals surface area contributed by atoms with E-state index in [4.69, 9.17) is 5.26 Å². The second-order valence-electron chi connectivity index (χ2n) is 5.36. The van der Waals surface area contributed by atoms with Crippen molar-refractivity contribution in [3.05, 3.63) is 65.5 Å². The number of anilines is 1. The Balaban J connectivity index is 2.01. The molecule has 1 atom stereocenters. The van der Waals surface area contributed by atoms with Gasteiger partial charge in [0.2, 0.25) is 5.91 Å². The summed E-state index contributed by atoms with van der Waals surface area (Å²) in [6.07, 6.45) is 0. The molecule has 0 bridgehead atoms. The van der Waals surface area contributed by atoms with E-state index in [1.165, 1.54) is 6.07 Å². The highest BCUT2D eigenvalue weighted by Crippen LogP contribution is 2.13. The molecule has 0 saturated heterocycles. The monoisotopic (exact) mass is 311 g/mol. The van der Waals surface area contributed by atoms with Gasteiger partial charge in [0.05, 0.1) is 17.7 Å². The largest absolute Gasteiger partial charge is 0.325 e. The van der Waals surface area contributed by atoms with Gasteiger partial charge in [-0.25, -0.2) is 4.39 Å². The molecule has 1 amide bonds. The molecule has 0 aliphatic rings. The Bertz CT molecular complexity index is 739. The van der Waals surface area contributed by atoms with Gasteiger partial charge >= 0.3 is 0 Å². The van der Waals surface area contributed by atoms with Gasteiger partial charge in [-0.05, 0) is 38.2 Å². The number of carbonyl (C=O) groups excluding carboxylic acids is 1. The average Bonchev–Trinajstić information content (AvgIpc) is 2.56. The SMILES string of the molecule is CC(C(=O)Nc1cccc(C#N)c1)N(C)Cc1ccccc1F. The van der Waals surface area contributed by atoms with Crippen LogP contribution in [0.5, 0.6) is 0 Å². The number of amides is 1. The van der Waals surface area contributed by atoms with Crippen LogP contribution in [0.15, 0.2) is 48.5 Å². The maximum Gasteiger partial charge on any atom is 0.241 e. The van der Waals surface area contributed by atoms with Crippen molar-refractivity contribution in [1.29, 1.82) is 5.26 Å². The molecule has 0 spiro atoms. The van der Waals surface area contributed by atoms with Gasteiger partial charge in [-0.2, -0.15) is 5.26 Å². The van der Waals surface area contributed by atoms with Crippen LogP contribution in [0.4, 0.5) is 10.1 Å². The van der Waals surface area contributed by atoms with Gasteiger partial charge in [-0.1, -0.05) is 24.3 Å². The number of nitrogens with one attached hydrogen (secondary N) is 1. The minimum Gasteiger partial charge on any atom is -0.325 e. The summed E-state index contributed by atoms with van der Waals surface area (Å²) in [7, 11) is 1.77. The fourth-order valence-electron chi connectivity index (χ4n) is 2.15. The van der Waals surface area contributed by atoms with E-state index in [0.29, 0.717) is 23.4 Å². The molecule has 0 heterocycles. The van der Waals surface area contributed by atoms with Crippen LogP contribution >= 0.6 is 0 Å². The summed E-state index contributed by atoms with van der Waals surface area (Å²) in [5.74, 6) is -0.493. The molecule has 23 heavy (non-hydrogen) atoms. The maximum atomic E-state index is 13.7. The first-order valence-electron chi connectivity index (χ1n) is 7.26. The normalized spacial score (nSPS) is 11.8. The van der Waals surface area contributed by atoms with Crippen molar-refractivity contribution in [3.63, 3.8) is 0 Å². The first-order valence-corrected chi connectivity index (χ1v) is 7.26. The molecule has 0 radical (unpaired) electrons. The molecule has 2 aromatic carbocycles. The van der Waals surface area contributed by atoms with E-state index in [2.05, 4.69) is 5.32 Å². The van der Waals surface area contributed by atoms with Crippen molar-refractivity contribution in [3.8, 4) is 6.07 Å². The molecule has 0 aliphatic heterocycles. The van der Waals surface area contributed by atoms with Crippen molar-refractivity contribution in [2.45, 2.75) is 19.5 Å². The average molecular weight is 311 g/mol. The minimum absolute atomic E-state index is 0.209. The van der Waals surface area contributed by atoms with E-state index in [1.54, 1.807) is 61.3 Å². The van der Waals surface area contributed by atoms with Gasteiger partial charge in [0.1, 0.15) is 5.82 Å². The standard InChI is InChI=1S/C18H18FN3O/c1-13(22(2)12-15-7-3-4-9-17(15)19)18(23)21-16-8-5-6-14(10-16)11-20/h3-10,13H,12H2,1-2H3,(H,21,23). The number of hydrogen-bond donors (Lipinski definition) is 1. The van der Waals surface area contributed by atoms with Crippen molar-refractivity contribution in [2.75, 3.05) is 12.4 Å². The molecule has 5 heteroatoms. The van der Waals surface area contributed by atoms with Crippen LogP contribution in [0.3, 0.4) is 0 Å². The van der Waals surface area contributed by atoms with E-state index in [1.807, 2.05) is 6.07 Å². The predicted octanol–water partition coefficient (Wildman–Crippen LogP) is 3.16. The summed E-state index contributed by atoms with van der Waals surface area (Å²) in [4.78, 5) is 14.1. The van der Waals surface area contributed by atoms with Crippen LogP contribution in [-0.4, -0.2) is 23.9 Å². The van der Waals surface area contributed by atoms with Gasteiger partial charge in [0, 0.05) is 17.8 Å². The zero-order valence-electron chi connectivity index (χ0n) is 13.1. The van der Waals surface area contributed by atoms with Crippen molar-refractivity contribution < 1.29 is 9.18 Å². The first kappa shape index (κ1) is 16.7. The van der Waals surface area contributed by atoms with E-state index >= 15 is 0 Å². The highest BCUT2D eigenvalue weighted by molar-refractivity contribution is 5.94. The molecule has 0 saturated carbocycles. The Hall–Kier alpha value is -2.71. The van der Waals surface area contributed by atoms with E-state index < -0.39 is 6.04 Å². The molecule has 4 nitrogen and oxygen atoms in total. The van der Waals surface area contributed by atoms with Gasteiger partial charge in [-0.3, -0.25) is 9.69 Å². The molecular weight excluding hydrogens is 293 g/mol. The summed E-state index contributed by atoms with van der Waals surface area (Å²) in [6, 6.07) is 14.8. The van der Waals surface area contributed by atoms with E-state index in [9.17, 15) is 9.18 Å². The fourth-order valence-corrected chi connectivity index (χ4v) is 2.15. The van der Waals surface area contributed by atoms with Gasteiger partial charge in [0.15, 0.2) is 0 Å². The molecule has 1 unspecified atom stereocenters. The number of nitrogens with zero attached hydrogens (tertiary/aromatic N) is 2. The van der Waals surface area contributed by atoms with Crippen molar-refractivity contribution >= 4 is 11.6 Å². The topological polar surface area (TPSA) is 56.1 Å². The Morgan fingerprint density at radius 1 is 1.30 bits per heavy atom. The summed E-state index contributed by atoms with van der Waals surface area (Å²) >= 11 is 0. The zero-order chi connectivity index (χ0) is 16.8. The highest BCUT2D eigenvalue weighted by atomic mass is 19.1. The number of carbonyl (C=O) groups is 1. The van der Waals surface area contributed by atoms with Crippen LogP contribution in [-0.2, 0) is 11.3 Å². The third-order valence-electron chi connectivity index (χ3n) is 3.68. The zero-order valence-corrected chi connectivity index (χ0v) is 13.1. The van der Waals surface area contributed by atoms with Crippen LogP contribution in [0, 0.1) is 17.1 Å². The number of rotatable bonds is 5. The van der Waals surface area contributed by atoms with Gasteiger partial charge in [-0.15, -0.1) is 0 Å². The Morgan fingerprint density at radius 2 is 2.04 bits per heavy atom. The van der Waals surface area contributed by atoms with E-state index in [0.717, 1.165) is 0 Å². The molecular formula is C18H18FN3O. The second-order valence-corrected chi connectivity index (χ2v) is 5.36. The highest BCUT2D eigenvalue weighted by Gasteiger charge is 2.19.